The fraction of sp³-hybridized carbons (Fsp3) is 0.385. The second-order valence-electron chi connectivity index (χ2n) is 9.51. The summed E-state index contributed by atoms with van der Waals surface area (Å²) >= 11 is 3.52. The predicted molar refractivity (Wildman–Crippen MR) is 135 cm³/mol. The highest BCUT2D eigenvalue weighted by molar-refractivity contribution is 9.10. The predicted octanol–water partition coefficient (Wildman–Crippen LogP) is 4.31. The Balaban J connectivity index is 1.47. The van der Waals surface area contributed by atoms with E-state index in [0.717, 1.165) is 29.7 Å². The molecule has 2 atom stereocenters. The molecule has 2 saturated carbocycles. The van der Waals surface area contributed by atoms with Crippen LogP contribution in [0.1, 0.15) is 49.4 Å². The second-order valence-corrected chi connectivity index (χ2v) is 12.4. The minimum absolute atomic E-state index is 0.280. The Kier molecular flexibility index (Phi) is 5.78. The average Bonchev–Trinajstić information content (AvgIpc) is 3.75. The molecular weight excluding hydrogens is 531 g/mol. The Bertz CT molecular complexity index is 1410. The van der Waals surface area contributed by atoms with Gasteiger partial charge < -0.3 is 4.90 Å². The molecule has 1 aromatic carbocycles. The van der Waals surface area contributed by atoms with Crippen LogP contribution in [0, 0.1) is 23.6 Å². The molecule has 2 aromatic rings. The molecule has 9 heteroatoms. The summed E-state index contributed by atoms with van der Waals surface area (Å²) < 4.78 is 42.9. The number of fused-ring (bicyclic) bond motifs is 1. The summed E-state index contributed by atoms with van der Waals surface area (Å²) in [6.07, 6.45) is 5.85. The van der Waals surface area contributed by atoms with Crippen LogP contribution in [-0.4, -0.2) is 42.0 Å². The number of pyridine rings is 1. The fourth-order valence-electron chi connectivity index (χ4n) is 4.60. The maximum absolute atomic E-state index is 13.9. The van der Waals surface area contributed by atoms with Gasteiger partial charge in [0, 0.05) is 41.3 Å². The summed E-state index contributed by atoms with van der Waals surface area (Å²) in [6.45, 7) is 0.461. The lowest BCUT2D eigenvalue weighted by molar-refractivity contribution is 0.512. The number of aromatic nitrogens is 1. The number of nitrogens with one attached hydrogen (secondary N) is 1. The van der Waals surface area contributed by atoms with Gasteiger partial charge in [-0.05, 0) is 55.5 Å². The molecule has 3 heterocycles. The van der Waals surface area contributed by atoms with E-state index in [1.54, 1.807) is 12.3 Å². The molecule has 180 valence electrons. The zero-order valence-electron chi connectivity index (χ0n) is 18.9. The lowest BCUT2D eigenvalue weighted by Crippen LogP contribution is -2.40. The Hall–Kier alpha value is -2.54. The summed E-state index contributed by atoms with van der Waals surface area (Å²) in [5, 5.41) is -0.282. The van der Waals surface area contributed by atoms with Crippen molar-refractivity contribution in [2.24, 2.45) is 10.9 Å². The lowest BCUT2D eigenvalue weighted by Gasteiger charge is -2.31. The van der Waals surface area contributed by atoms with Crippen LogP contribution in [0.15, 0.2) is 63.3 Å². The van der Waals surface area contributed by atoms with E-state index in [0.29, 0.717) is 47.7 Å². The molecule has 2 aliphatic carbocycles. The zero-order valence-corrected chi connectivity index (χ0v) is 21.3. The van der Waals surface area contributed by atoms with Gasteiger partial charge in [-0.3, -0.25) is 9.98 Å². The maximum Gasteiger partial charge on any atom is 0.214 e. The van der Waals surface area contributed by atoms with Crippen LogP contribution < -0.4 is 4.72 Å². The Morgan fingerprint density at radius 2 is 1.97 bits per heavy atom. The Morgan fingerprint density at radius 1 is 1.14 bits per heavy atom. The van der Waals surface area contributed by atoms with Crippen molar-refractivity contribution in [2.45, 2.75) is 49.4 Å². The normalized spacial score (nSPS) is 24.1. The highest BCUT2D eigenvalue weighted by Gasteiger charge is 2.43. The van der Waals surface area contributed by atoms with Crippen LogP contribution >= 0.6 is 15.9 Å². The number of nitrogens with zero attached hydrogens (tertiary/aromatic N) is 3. The molecule has 6 rings (SSSR count). The summed E-state index contributed by atoms with van der Waals surface area (Å²) in [4.78, 5) is 11.7. The molecule has 2 aliphatic heterocycles. The van der Waals surface area contributed by atoms with E-state index in [-0.39, 0.29) is 17.1 Å². The summed E-state index contributed by atoms with van der Waals surface area (Å²) in [5.74, 6) is 7.50. The molecule has 6 nitrogen and oxygen atoms in total. The highest BCUT2D eigenvalue weighted by Crippen LogP contribution is 2.42. The Morgan fingerprint density at radius 3 is 2.66 bits per heavy atom. The van der Waals surface area contributed by atoms with Crippen molar-refractivity contribution in [1.82, 2.24) is 14.6 Å². The van der Waals surface area contributed by atoms with Crippen LogP contribution in [0.5, 0.6) is 0 Å². The third kappa shape index (κ3) is 4.67. The maximum atomic E-state index is 13.9. The summed E-state index contributed by atoms with van der Waals surface area (Å²) in [5.41, 5.74) is 3.32. The number of hydrogen-bond acceptors (Lipinski definition) is 5. The van der Waals surface area contributed by atoms with Gasteiger partial charge in [0.05, 0.1) is 10.8 Å². The van der Waals surface area contributed by atoms with E-state index < -0.39 is 16.1 Å². The molecule has 1 unspecified atom stereocenters. The first-order valence-corrected chi connectivity index (χ1v) is 14.2. The molecule has 35 heavy (non-hydrogen) atoms. The lowest BCUT2D eigenvalue weighted by atomic mass is 9.94. The number of benzene rings is 1. The number of sulfonamides is 1. The molecule has 1 aromatic heterocycles. The topological polar surface area (TPSA) is 74.7 Å². The molecule has 0 spiro atoms. The van der Waals surface area contributed by atoms with E-state index in [4.69, 9.17) is 4.99 Å². The van der Waals surface area contributed by atoms with Crippen molar-refractivity contribution >= 4 is 31.8 Å². The Labute approximate surface area is 212 Å². The molecule has 1 saturated heterocycles. The first kappa shape index (κ1) is 22.9. The van der Waals surface area contributed by atoms with Crippen molar-refractivity contribution in [2.75, 3.05) is 6.54 Å². The van der Waals surface area contributed by atoms with E-state index in [1.807, 2.05) is 18.2 Å². The third-order valence-corrected chi connectivity index (χ3v) is 9.39. The van der Waals surface area contributed by atoms with Gasteiger partial charge in [-0.1, -0.05) is 39.9 Å². The van der Waals surface area contributed by atoms with Gasteiger partial charge in [-0.25, -0.2) is 17.5 Å². The van der Waals surface area contributed by atoms with Crippen LogP contribution in [-0.2, 0) is 10.0 Å². The average molecular weight is 555 g/mol. The van der Waals surface area contributed by atoms with Crippen LogP contribution in [0.4, 0.5) is 4.39 Å². The molecule has 3 fully saturated rings. The van der Waals surface area contributed by atoms with Gasteiger partial charge in [0.15, 0.2) is 5.84 Å². The van der Waals surface area contributed by atoms with E-state index in [9.17, 15) is 12.8 Å². The number of halogens is 2. The van der Waals surface area contributed by atoms with Crippen molar-refractivity contribution in [3.63, 3.8) is 0 Å². The minimum atomic E-state index is -3.35. The van der Waals surface area contributed by atoms with E-state index >= 15 is 0 Å². The van der Waals surface area contributed by atoms with Crippen molar-refractivity contribution in [3.8, 4) is 11.8 Å². The molecule has 4 aliphatic rings. The first-order valence-electron chi connectivity index (χ1n) is 11.9. The third-order valence-electron chi connectivity index (χ3n) is 6.69. The summed E-state index contributed by atoms with van der Waals surface area (Å²) in [6, 6.07) is 9.53. The minimum Gasteiger partial charge on any atom is -0.326 e. The van der Waals surface area contributed by atoms with Crippen molar-refractivity contribution in [3.05, 3.63) is 75.4 Å². The first-order chi connectivity index (χ1) is 16.9. The highest BCUT2D eigenvalue weighted by atomic mass is 79.9. The van der Waals surface area contributed by atoms with Crippen LogP contribution in [0.2, 0.25) is 0 Å². The monoisotopic (exact) mass is 554 g/mol. The van der Waals surface area contributed by atoms with Gasteiger partial charge in [0.25, 0.3) is 0 Å². The second kappa shape index (κ2) is 8.84. The molecule has 0 amide bonds. The van der Waals surface area contributed by atoms with Crippen LogP contribution in [0.3, 0.4) is 0 Å². The zero-order chi connectivity index (χ0) is 24.2. The van der Waals surface area contributed by atoms with Crippen molar-refractivity contribution < 1.29 is 12.8 Å². The number of aliphatic imine (C=N–C) groups is 1. The number of hydrogen-bond donors (Lipinski definition) is 1. The van der Waals surface area contributed by atoms with Gasteiger partial charge in [0.2, 0.25) is 10.0 Å². The molecule has 0 bridgehead atoms. The van der Waals surface area contributed by atoms with E-state index in [2.05, 4.69) is 42.4 Å². The standard InChI is InChI=1S/C26H24BrFN4O2S/c27-22-13-17(28)7-11-20(22)25-21(10-6-16-4-5-16)24-14-18(31-35(33,34)19-8-9-19)15-32(24)26(30-25)23-3-1-2-12-29-23/h1-3,7,11-13,16,18-19,25,31H,4-5,8-9,14-15H2/t18?,25-/m0/s1. The van der Waals surface area contributed by atoms with Crippen LogP contribution in [0.25, 0.3) is 0 Å². The molecular formula is C26H24BrFN4O2S. The van der Waals surface area contributed by atoms with E-state index in [1.165, 1.54) is 12.1 Å². The number of amidine groups is 1. The van der Waals surface area contributed by atoms with Gasteiger partial charge in [-0.15, -0.1) is 0 Å². The largest absolute Gasteiger partial charge is 0.326 e. The van der Waals surface area contributed by atoms with Gasteiger partial charge in [-0.2, -0.15) is 0 Å². The molecule has 0 radical (unpaired) electrons. The van der Waals surface area contributed by atoms with Gasteiger partial charge >= 0.3 is 0 Å². The smallest absolute Gasteiger partial charge is 0.214 e. The van der Waals surface area contributed by atoms with Crippen molar-refractivity contribution in [1.29, 1.82) is 0 Å². The van der Waals surface area contributed by atoms with Gasteiger partial charge in [0.1, 0.15) is 17.6 Å². The quantitative estimate of drug-likeness (QED) is 0.559. The SMILES string of the molecule is O=S(=O)(NC1CC2=C(C#CC3CC3)[C@H](c3ccc(F)cc3Br)N=C(c3ccccn3)N2C1)C1CC1. The number of rotatable bonds is 5. The summed E-state index contributed by atoms with van der Waals surface area (Å²) in [7, 11) is -3.35. The molecule has 1 N–H and O–H groups in total. The fourth-order valence-corrected chi connectivity index (χ4v) is 6.74.